The summed E-state index contributed by atoms with van der Waals surface area (Å²) in [5.74, 6) is 2.87. The fourth-order valence-electron chi connectivity index (χ4n) is 2.66. The Morgan fingerprint density at radius 3 is 2.77 bits per heavy atom. The highest BCUT2D eigenvalue weighted by Gasteiger charge is 2.18. The first-order valence-electron chi connectivity index (χ1n) is 8.37. The summed E-state index contributed by atoms with van der Waals surface area (Å²) in [6.07, 6.45) is 0.738. The van der Waals surface area contributed by atoms with E-state index in [4.69, 9.17) is 4.74 Å². The predicted octanol–water partition coefficient (Wildman–Crippen LogP) is 1.18. The Balaban J connectivity index is 1.58. The molecule has 0 amide bonds. The molecule has 0 bridgehead atoms. The quantitative estimate of drug-likeness (QED) is 0.699. The summed E-state index contributed by atoms with van der Waals surface area (Å²) in [5, 5.41) is 3.12. The molecule has 1 aliphatic rings. The molecule has 140 valence electrons. The van der Waals surface area contributed by atoms with Crippen molar-refractivity contribution in [3.05, 3.63) is 35.7 Å². The van der Waals surface area contributed by atoms with Crippen LogP contribution in [0.4, 0.5) is 11.6 Å². The Morgan fingerprint density at radius 1 is 1.19 bits per heavy atom. The summed E-state index contributed by atoms with van der Waals surface area (Å²) >= 11 is 0. The van der Waals surface area contributed by atoms with Gasteiger partial charge in [0.05, 0.1) is 11.5 Å². The van der Waals surface area contributed by atoms with Crippen LogP contribution >= 0.6 is 0 Å². The fourth-order valence-corrected chi connectivity index (χ4v) is 3.74. The van der Waals surface area contributed by atoms with Crippen molar-refractivity contribution in [2.75, 3.05) is 44.0 Å². The molecule has 0 spiro atoms. The summed E-state index contributed by atoms with van der Waals surface area (Å²) in [7, 11) is 0.256. The highest BCUT2D eigenvalue weighted by molar-refractivity contribution is 7.89. The Kier molecular flexibility index (Phi) is 5.28. The number of hydrogen-bond acceptors (Lipinski definition) is 7. The lowest BCUT2D eigenvalue weighted by atomic mass is 10.2. The lowest BCUT2D eigenvalue weighted by Gasteiger charge is -2.14. The minimum absolute atomic E-state index is 0.246. The molecule has 0 atom stereocenters. The van der Waals surface area contributed by atoms with Gasteiger partial charge >= 0.3 is 0 Å². The van der Waals surface area contributed by atoms with Crippen LogP contribution in [0, 0.1) is 6.92 Å². The van der Waals surface area contributed by atoms with Crippen LogP contribution in [0.25, 0.3) is 0 Å². The van der Waals surface area contributed by atoms with Crippen molar-refractivity contribution in [3.63, 3.8) is 0 Å². The standard InChI is InChI=1S/C17H23N5O3S/c1-12-20-16(11-17(21-12)22(2)3)18-7-8-19-26(23,24)14-4-5-15-13(10-14)6-9-25-15/h4-5,10-11,19H,6-9H2,1-3H3,(H,18,20,21). The van der Waals surface area contributed by atoms with Gasteiger partial charge in [-0.2, -0.15) is 0 Å². The van der Waals surface area contributed by atoms with Crippen LogP contribution in [0.5, 0.6) is 5.75 Å². The monoisotopic (exact) mass is 377 g/mol. The molecule has 2 N–H and O–H groups in total. The maximum atomic E-state index is 12.4. The van der Waals surface area contributed by atoms with Crippen molar-refractivity contribution < 1.29 is 13.2 Å². The predicted molar refractivity (Wildman–Crippen MR) is 100 cm³/mol. The van der Waals surface area contributed by atoms with Gasteiger partial charge in [-0.25, -0.2) is 23.1 Å². The zero-order valence-electron chi connectivity index (χ0n) is 15.1. The molecule has 0 radical (unpaired) electrons. The average molecular weight is 377 g/mol. The second kappa shape index (κ2) is 7.46. The second-order valence-electron chi connectivity index (χ2n) is 6.25. The topological polar surface area (TPSA) is 96.5 Å². The Labute approximate surface area is 153 Å². The van der Waals surface area contributed by atoms with E-state index in [9.17, 15) is 8.42 Å². The Hall–Kier alpha value is -2.39. The van der Waals surface area contributed by atoms with Crippen LogP contribution in [-0.4, -0.2) is 52.2 Å². The minimum Gasteiger partial charge on any atom is -0.493 e. The van der Waals surface area contributed by atoms with Crippen LogP contribution in [0.3, 0.4) is 0 Å². The summed E-state index contributed by atoms with van der Waals surface area (Å²) in [4.78, 5) is 10.8. The lowest BCUT2D eigenvalue weighted by molar-refractivity contribution is 0.356. The first kappa shape index (κ1) is 18.4. The summed E-state index contributed by atoms with van der Waals surface area (Å²) in [6, 6.07) is 6.77. The van der Waals surface area contributed by atoms with Gasteiger partial charge in [0.15, 0.2) is 0 Å². The molecule has 8 nitrogen and oxygen atoms in total. The highest BCUT2D eigenvalue weighted by Crippen LogP contribution is 2.27. The SMILES string of the molecule is Cc1nc(NCCNS(=O)(=O)c2ccc3c(c2)CCO3)cc(N(C)C)n1. The number of aryl methyl sites for hydroxylation is 1. The van der Waals surface area contributed by atoms with Gasteiger partial charge in [-0.3, -0.25) is 0 Å². The van der Waals surface area contributed by atoms with Gasteiger partial charge in [0, 0.05) is 39.7 Å². The van der Waals surface area contributed by atoms with E-state index in [1.165, 1.54) is 0 Å². The Morgan fingerprint density at radius 2 is 2.00 bits per heavy atom. The smallest absolute Gasteiger partial charge is 0.240 e. The van der Waals surface area contributed by atoms with Gasteiger partial charge in [0.1, 0.15) is 23.2 Å². The van der Waals surface area contributed by atoms with Crippen molar-refractivity contribution in [1.29, 1.82) is 0 Å². The van der Waals surface area contributed by atoms with E-state index >= 15 is 0 Å². The van der Waals surface area contributed by atoms with Gasteiger partial charge in [-0.05, 0) is 30.7 Å². The van der Waals surface area contributed by atoms with Crippen LogP contribution in [0.2, 0.25) is 0 Å². The van der Waals surface area contributed by atoms with Crippen LogP contribution in [0.15, 0.2) is 29.2 Å². The molecule has 0 saturated heterocycles. The second-order valence-corrected chi connectivity index (χ2v) is 8.01. The largest absolute Gasteiger partial charge is 0.493 e. The van der Waals surface area contributed by atoms with Gasteiger partial charge < -0.3 is 15.0 Å². The maximum absolute atomic E-state index is 12.4. The number of anilines is 2. The number of rotatable bonds is 7. The van der Waals surface area contributed by atoms with Crippen LogP contribution in [0.1, 0.15) is 11.4 Å². The van der Waals surface area contributed by atoms with Gasteiger partial charge in [0.25, 0.3) is 0 Å². The third-order valence-corrected chi connectivity index (χ3v) is 5.44. The lowest BCUT2D eigenvalue weighted by Crippen LogP contribution is -2.29. The molecular formula is C17H23N5O3S. The molecule has 9 heteroatoms. The zero-order valence-corrected chi connectivity index (χ0v) is 15.9. The molecule has 0 unspecified atom stereocenters. The van der Waals surface area contributed by atoms with Crippen LogP contribution < -0.4 is 19.7 Å². The highest BCUT2D eigenvalue weighted by atomic mass is 32.2. The van der Waals surface area contributed by atoms with E-state index in [1.54, 1.807) is 18.2 Å². The fraction of sp³-hybridized carbons (Fsp3) is 0.412. The van der Waals surface area contributed by atoms with E-state index in [-0.39, 0.29) is 11.4 Å². The molecule has 0 aliphatic carbocycles. The maximum Gasteiger partial charge on any atom is 0.240 e. The number of benzene rings is 1. The molecular weight excluding hydrogens is 354 g/mol. The minimum atomic E-state index is -3.55. The van der Waals surface area contributed by atoms with E-state index in [2.05, 4.69) is 20.0 Å². The first-order valence-corrected chi connectivity index (χ1v) is 9.86. The van der Waals surface area contributed by atoms with Gasteiger partial charge in [-0.15, -0.1) is 0 Å². The van der Waals surface area contributed by atoms with Crippen molar-refractivity contribution in [2.45, 2.75) is 18.2 Å². The molecule has 1 aliphatic heterocycles. The molecule has 0 saturated carbocycles. The first-order chi connectivity index (χ1) is 12.3. The molecule has 26 heavy (non-hydrogen) atoms. The van der Waals surface area contributed by atoms with Gasteiger partial charge in [0.2, 0.25) is 10.0 Å². The van der Waals surface area contributed by atoms with E-state index in [0.29, 0.717) is 24.8 Å². The molecule has 2 heterocycles. The molecule has 3 rings (SSSR count). The average Bonchev–Trinajstić information content (AvgIpc) is 3.06. The third kappa shape index (κ3) is 4.23. The molecule has 0 fully saturated rings. The normalized spacial score (nSPS) is 13.2. The molecule has 1 aromatic heterocycles. The summed E-state index contributed by atoms with van der Waals surface area (Å²) in [6.45, 7) is 3.08. The Bertz CT molecular complexity index is 899. The number of aromatic nitrogens is 2. The van der Waals surface area contributed by atoms with Crippen LogP contribution in [-0.2, 0) is 16.4 Å². The van der Waals surface area contributed by atoms with Crippen molar-refractivity contribution in [2.24, 2.45) is 0 Å². The summed E-state index contributed by atoms with van der Waals surface area (Å²) < 4.78 is 32.9. The number of ether oxygens (including phenoxy) is 1. The number of nitrogens with one attached hydrogen (secondary N) is 2. The summed E-state index contributed by atoms with van der Waals surface area (Å²) in [5.41, 5.74) is 0.929. The van der Waals surface area contributed by atoms with Gasteiger partial charge in [-0.1, -0.05) is 0 Å². The molecule has 1 aromatic carbocycles. The van der Waals surface area contributed by atoms with E-state index < -0.39 is 10.0 Å². The number of sulfonamides is 1. The third-order valence-electron chi connectivity index (χ3n) is 3.98. The number of fused-ring (bicyclic) bond motifs is 1. The van der Waals surface area contributed by atoms with Crippen molar-refractivity contribution in [3.8, 4) is 5.75 Å². The molecule has 2 aromatic rings. The van der Waals surface area contributed by atoms with Crippen molar-refractivity contribution in [1.82, 2.24) is 14.7 Å². The number of hydrogen-bond donors (Lipinski definition) is 2. The van der Waals surface area contributed by atoms with E-state index in [0.717, 1.165) is 23.6 Å². The van der Waals surface area contributed by atoms with E-state index in [1.807, 2.05) is 32.0 Å². The number of nitrogens with zero attached hydrogens (tertiary/aromatic N) is 3. The van der Waals surface area contributed by atoms with Crippen molar-refractivity contribution >= 4 is 21.7 Å². The zero-order chi connectivity index (χ0) is 18.7.